The molecule has 0 saturated carbocycles. The van der Waals surface area contributed by atoms with E-state index in [1.54, 1.807) is 0 Å². The Balaban J connectivity index is 2.71. The van der Waals surface area contributed by atoms with Crippen LogP contribution < -0.4 is 0 Å². The van der Waals surface area contributed by atoms with E-state index in [0.29, 0.717) is 0 Å². The smallest absolute Gasteiger partial charge is 0.0653 e. The van der Waals surface area contributed by atoms with Crippen LogP contribution in [0.4, 0.5) is 0 Å². The lowest BCUT2D eigenvalue weighted by molar-refractivity contribution is 0.288. The van der Waals surface area contributed by atoms with E-state index in [2.05, 4.69) is 25.1 Å². The average molecular weight is 182 g/mol. The minimum absolute atomic E-state index is 0.264. The maximum Gasteiger partial charge on any atom is 0.0653 e. The van der Waals surface area contributed by atoms with Crippen LogP contribution in [-0.2, 0) is 19.4 Å². The van der Waals surface area contributed by atoms with Crippen molar-refractivity contribution in [2.75, 3.05) is 6.61 Å². The number of nitrogens with zero attached hydrogens (tertiary/aromatic N) is 2. The van der Waals surface area contributed by atoms with Crippen molar-refractivity contribution in [2.45, 2.75) is 39.7 Å². The molecule has 0 radical (unpaired) electrons. The van der Waals surface area contributed by atoms with Gasteiger partial charge < -0.3 is 5.11 Å². The second kappa shape index (κ2) is 5.02. The van der Waals surface area contributed by atoms with Gasteiger partial charge in [0.05, 0.1) is 5.69 Å². The van der Waals surface area contributed by atoms with Crippen LogP contribution in [-0.4, -0.2) is 21.5 Å². The zero-order valence-electron chi connectivity index (χ0n) is 8.45. The number of rotatable bonds is 5. The van der Waals surface area contributed by atoms with E-state index in [9.17, 15) is 0 Å². The highest BCUT2D eigenvalue weighted by Gasteiger charge is 2.05. The molecule has 0 aromatic carbocycles. The van der Waals surface area contributed by atoms with Crippen LogP contribution in [0.2, 0.25) is 0 Å². The minimum Gasteiger partial charge on any atom is -0.396 e. The van der Waals surface area contributed by atoms with Gasteiger partial charge in [-0.25, -0.2) is 0 Å². The molecule has 0 fully saturated rings. The molecule has 1 N–H and O–H groups in total. The molecule has 3 heteroatoms. The van der Waals surface area contributed by atoms with Gasteiger partial charge in [0.1, 0.15) is 0 Å². The Bertz CT molecular complexity index is 255. The van der Waals surface area contributed by atoms with E-state index in [0.717, 1.165) is 25.8 Å². The first-order valence-corrected chi connectivity index (χ1v) is 4.97. The molecule has 1 rings (SSSR count). The molecule has 0 bridgehead atoms. The largest absolute Gasteiger partial charge is 0.396 e. The summed E-state index contributed by atoms with van der Waals surface area (Å²) in [5.74, 6) is 0. The fourth-order valence-electron chi connectivity index (χ4n) is 1.44. The van der Waals surface area contributed by atoms with E-state index in [1.165, 1.54) is 11.3 Å². The predicted molar refractivity (Wildman–Crippen MR) is 52.7 cm³/mol. The first-order chi connectivity index (χ1) is 6.31. The van der Waals surface area contributed by atoms with Crippen LogP contribution in [0.5, 0.6) is 0 Å². The first kappa shape index (κ1) is 10.3. The molecule has 0 aliphatic rings. The Kier molecular flexibility index (Phi) is 3.96. The lowest BCUT2D eigenvalue weighted by Crippen LogP contribution is -1.94. The quantitative estimate of drug-likeness (QED) is 0.747. The highest BCUT2D eigenvalue weighted by molar-refractivity contribution is 5.17. The fraction of sp³-hybridized carbons (Fsp3) is 0.700. The van der Waals surface area contributed by atoms with Gasteiger partial charge in [0.15, 0.2) is 0 Å². The van der Waals surface area contributed by atoms with Gasteiger partial charge >= 0.3 is 0 Å². The zero-order chi connectivity index (χ0) is 9.68. The highest BCUT2D eigenvalue weighted by Crippen LogP contribution is 2.10. The van der Waals surface area contributed by atoms with Crippen LogP contribution in [0.3, 0.4) is 0 Å². The summed E-state index contributed by atoms with van der Waals surface area (Å²) >= 11 is 0. The van der Waals surface area contributed by atoms with Gasteiger partial charge in [-0.3, -0.25) is 4.68 Å². The Morgan fingerprint density at radius 2 is 2.23 bits per heavy atom. The Morgan fingerprint density at radius 1 is 1.46 bits per heavy atom. The maximum absolute atomic E-state index is 8.73. The van der Waals surface area contributed by atoms with E-state index in [4.69, 9.17) is 5.11 Å². The lowest BCUT2D eigenvalue weighted by atomic mass is 10.1. The van der Waals surface area contributed by atoms with E-state index in [1.807, 2.05) is 4.68 Å². The molecule has 1 aromatic heterocycles. The minimum atomic E-state index is 0.264. The van der Waals surface area contributed by atoms with Gasteiger partial charge in [-0.2, -0.15) is 5.10 Å². The molecule has 0 unspecified atom stereocenters. The van der Waals surface area contributed by atoms with Crippen molar-refractivity contribution in [3.8, 4) is 0 Å². The number of aliphatic hydroxyl groups is 1. The normalized spacial score (nSPS) is 10.7. The summed E-state index contributed by atoms with van der Waals surface area (Å²) < 4.78 is 1.96. The molecule has 13 heavy (non-hydrogen) atoms. The van der Waals surface area contributed by atoms with Gasteiger partial charge in [-0.05, 0) is 31.7 Å². The first-order valence-electron chi connectivity index (χ1n) is 4.97. The van der Waals surface area contributed by atoms with Gasteiger partial charge in [0, 0.05) is 19.3 Å². The lowest BCUT2D eigenvalue weighted by Gasteiger charge is -1.96. The summed E-state index contributed by atoms with van der Waals surface area (Å²) in [4.78, 5) is 0. The number of aryl methyl sites for hydroxylation is 3. The van der Waals surface area contributed by atoms with Gasteiger partial charge in [-0.1, -0.05) is 6.92 Å². The van der Waals surface area contributed by atoms with Crippen molar-refractivity contribution in [1.29, 1.82) is 0 Å². The predicted octanol–water partition coefficient (Wildman–Crippen LogP) is 1.39. The second-order valence-corrected chi connectivity index (χ2v) is 3.14. The van der Waals surface area contributed by atoms with Crippen LogP contribution in [0.1, 0.15) is 31.5 Å². The molecule has 1 heterocycles. The molecule has 1 aromatic rings. The number of aliphatic hydroxyl groups excluding tert-OH is 1. The van der Waals surface area contributed by atoms with Crippen LogP contribution in [0, 0.1) is 0 Å². The Morgan fingerprint density at radius 3 is 2.77 bits per heavy atom. The third-order valence-electron chi connectivity index (χ3n) is 2.19. The molecular formula is C10H18N2O. The monoisotopic (exact) mass is 182 g/mol. The van der Waals surface area contributed by atoms with Gasteiger partial charge in [0.2, 0.25) is 0 Å². The highest BCUT2D eigenvalue weighted by atomic mass is 16.2. The van der Waals surface area contributed by atoms with Crippen molar-refractivity contribution in [1.82, 2.24) is 9.78 Å². The molecule has 0 amide bonds. The van der Waals surface area contributed by atoms with Crippen molar-refractivity contribution >= 4 is 0 Å². The molecule has 3 nitrogen and oxygen atoms in total. The van der Waals surface area contributed by atoms with Crippen molar-refractivity contribution in [3.05, 3.63) is 17.5 Å². The molecule has 0 atom stereocenters. The molecule has 74 valence electrons. The van der Waals surface area contributed by atoms with Gasteiger partial charge in [-0.15, -0.1) is 0 Å². The second-order valence-electron chi connectivity index (χ2n) is 3.14. The standard InChI is InChI=1S/C10H18N2O/c1-3-10-9(6-5-7-13)8-12(4-2)11-10/h8,13H,3-7H2,1-2H3. The molecule has 0 saturated heterocycles. The number of aromatic nitrogens is 2. The van der Waals surface area contributed by atoms with E-state index >= 15 is 0 Å². The van der Waals surface area contributed by atoms with Crippen molar-refractivity contribution in [2.24, 2.45) is 0 Å². The average Bonchev–Trinajstić information content (AvgIpc) is 2.57. The van der Waals surface area contributed by atoms with Crippen LogP contribution in [0.25, 0.3) is 0 Å². The van der Waals surface area contributed by atoms with Crippen molar-refractivity contribution in [3.63, 3.8) is 0 Å². The topological polar surface area (TPSA) is 38.0 Å². The fourth-order valence-corrected chi connectivity index (χ4v) is 1.44. The molecule has 0 aliphatic heterocycles. The number of hydrogen-bond donors (Lipinski definition) is 1. The third kappa shape index (κ3) is 2.56. The molecule has 0 aliphatic carbocycles. The summed E-state index contributed by atoms with van der Waals surface area (Å²) in [6, 6.07) is 0. The summed E-state index contributed by atoms with van der Waals surface area (Å²) in [5, 5.41) is 13.2. The number of hydrogen-bond acceptors (Lipinski definition) is 2. The third-order valence-corrected chi connectivity index (χ3v) is 2.19. The maximum atomic E-state index is 8.73. The van der Waals surface area contributed by atoms with E-state index in [-0.39, 0.29) is 6.61 Å². The summed E-state index contributed by atoms with van der Waals surface area (Å²) in [7, 11) is 0. The zero-order valence-corrected chi connectivity index (χ0v) is 8.45. The van der Waals surface area contributed by atoms with Crippen molar-refractivity contribution < 1.29 is 5.11 Å². The molecular weight excluding hydrogens is 164 g/mol. The van der Waals surface area contributed by atoms with E-state index < -0.39 is 0 Å². The van der Waals surface area contributed by atoms with Gasteiger partial charge in [0.25, 0.3) is 0 Å². The Labute approximate surface area is 79.4 Å². The Hall–Kier alpha value is -0.830. The summed E-state index contributed by atoms with van der Waals surface area (Å²) in [6.07, 6.45) is 4.85. The summed E-state index contributed by atoms with van der Waals surface area (Å²) in [6.45, 7) is 5.39. The summed E-state index contributed by atoms with van der Waals surface area (Å²) in [5.41, 5.74) is 2.47. The van der Waals surface area contributed by atoms with Crippen LogP contribution in [0.15, 0.2) is 6.20 Å². The van der Waals surface area contributed by atoms with Crippen LogP contribution >= 0.6 is 0 Å². The SMILES string of the molecule is CCc1nn(CC)cc1CCCO. The molecule has 0 spiro atoms.